The van der Waals surface area contributed by atoms with Gasteiger partial charge in [0.15, 0.2) is 6.29 Å². The van der Waals surface area contributed by atoms with Crippen molar-refractivity contribution < 1.29 is 44.2 Å². The van der Waals surface area contributed by atoms with E-state index in [0.29, 0.717) is 13.0 Å². The molecule has 6 unspecified atom stereocenters. The minimum Gasteiger partial charge on any atom is -0.457 e. The zero-order valence-corrected chi connectivity index (χ0v) is 31.8. The first-order chi connectivity index (χ1) is 24.9. The molecular formula is C42H72O9. The number of rotatable bonds is 32. The van der Waals surface area contributed by atoms with Gasteiger partial charge >= 0.3 is 5.97 Å². The summed E-state index contributed by atoms with van der Waals surface area (Å²) in [7, 11) is 0. The third-order valence-electron chi connectivity index (χ3n) is 8.67. The number of unbranched alkanes of at least 4 members (excludes halogenated alkanes) is 11. The maximum atomic E-state index is 12.7. The second kappa shape index (κ2) is 33.7. The molecule has 51 heavy (non-hydrogen) atoms. The molecule has 6 atom stereocenters. The van der Waals surface area contributed by atoms with Gasteiger partial charge in [-0.05, 0) is 77.0 Å². The van der Waals surface area contributed by atoms with Crippen LogP contribution >= 0.6 is 0 Å². The molecule has 0 radical (unpaired) electrons. The van der Waals surface area contributed by atoms with Crippen molar-refractivity contribution in [1.29, 1.82) is 0 Å². The fraction of sp³-hybridized carbons (Fsp3) is 0.738. The fourth-order valence-electron chi connectivity index (χ4n) is 5.53. The van der Waals surface area contributed by atoms with E-state index < -0.39 is 43.4 Å². The van der Waals surface area contributed by atoms with Gasteiger partial charge in [-0.25, -0.2) is 0 Å². The molecule has 0 aromatic carbocycles. The minimum absolute atomic E-state index is 0.117. The van der Waals surface area contributed by atoms with E-state index in [-0.39, 0.29) is 19.2 Å². The van der Waals surface area contributed by atoms with Crippen molar-refractivity contribution in [1.82, 2.24) is 0 Å². The van der Waals surface area contributed by atoms with E-state index in [4.69, 9.17) is 18.9 Å². The summed E-state index contributed by atoms with van der Waals surface area (Å²) in [5.41, 5.74) is 0. The molecule has 9 heteroatoms. The van der Waals surface area contributed by atoms with Gasteiger partial charge in [0.1, 0.15) is 30.5 Å². The number of carbonyl (C=O) groups is 1. The van der Waals surface area contributed by atoms with Gasteiger partial charge in [0.05, 0.1) is 19.8 Å². The van der Waals surface area contributed by atoms with Gasteiger partial charge in [-0.15, -0.1) is 0 Å². The Balaban J connectivity index is 2.36. The second-order valence-corrected chi connectivity index (χ2v) is 13.3. The zero-order valence-electron chi connectivity index (χ0n) is 31.8. The first kappa shape index (κ1) is 46.9. The molecule has 0 amide bonds. The van der Waals surface area contributed by atoms with Crippen molar-refractivity contribution in [3.05, 3.63) is 60.8 Å². The van der Waals surface area contributed by atoms with Crippen LogP contribution < -0.4 is 0 Å². The molecule has 0 saturated carbocycles. The molecule has 1 fully saturated rings. The highest BCUT2D eigenvalue weighted by Crippen LogP contribution is 2.22. The Labute approximate surface area is 309 Å². The quantitative estimate of drug-likeness (QED) is 0.0310. The summed E-state index contributed by atoms with van der Waals surface area (Å²) in [5, 5.41) is 40.0. The van der Waals surface area contributed by atoms with Crippen LogP contribution in [0.4, 0.5) is 0 Å². The second-order valence-electron chi connectivity index (χ2n) is 13.3. The van der Waals surface area contributed by atoms with E-state index in [2.05, 4.69) is 74.6 Å². The van der Waals surface area contributed by atoms with Crippen LogP contribution in [0.5, 0.6) is 0 Å². The standard InChI is InChI=1S/C42H72O9/c1-3-5-7-9-11-13-15-17-18-19-20-22-24-26-28-30-32-48-34-36(35-49-42-41(47)40(46)39(45)37(33-43)51-42)50-38(44)31-29-27-25-23-21-16-14-12-10-8-6-4-2/h5,7,11-14,17-18,20,22,36-37,39-43,45-47H,3-4,6,8-10,15-16,19,21,23-35H2,1-2H3/b7-5-,13-11-,14-12-,18-17-,22-20-. The third kappa shape index (κ3) is 25.5. The highest BCUT2D eigenvalue weighted by atomic mass is 16.7. The maximum absolute atomic E-state index is 12.7. The topological polar surface area (TPSA) is 135 Å². The van der Waals surface area contributed by atoms with Crippen LogP contribution in [0.3, 0.4) is 0 Å². The van der Waals surface area contributed by atoms with Gasteiger partial charge in [0.25, 0.3) is 0 Å². The summed E-state index contributed by atoms with van der Waals surface area (Å²) in [4.78, 5) is 12.7. The smallest absolute Gasteiger partial charge is 0.306 e. The monoisotopic (exact) mass is 721 g/mol. The molecule has 1 saturated heterocycles. The van der Waals surface area contributed by atoms with Crippen molar-refractivity contribution in [3.8, 4) is 0 Å². The Morgan fingerprint density at radius 1 is 0.647 bits per heavy atom. The number of aliphatic hydroxyl groups is 4. The zero-order chi connectivity index (χ0) is 37.2. The molecule has 0 aromatic heterocycles. The normalized spacial score (nSPS) is 22.0. The average molecular weight is 721 g/mol. The molecule has 294 valence electrons. The van der Waals surface area contributed by atoms with E-state index in [1.807, 2.05) is 0 Å². The molecule has 4 N–H and O–H groups in total. The molecule has 0 aliphatic carbocycles. The summed E-state index contributed by atoms with van der Waals surface area (Å²) >= 11 is 0. The summed E-state index contributed by atoms with van der Waals surface area (Å²) < 4.78 is 22.7. The third-order valence-corrected chi connectivity index (χ3v) is 8.67. The van der Waals surface area contributed by atoms with E-state index in [1.165, 1.54) is 25.7 Å². The predicted octanol–water partition coefficient (Wildman–Crippen LogP) is 7.96. The molecule has 1 aliphatic heterocycles. The van der Waals surface area contributed by atoms with Crippen LogP contribution in [0.2, 0.25) is 0 Å². The van der Waals surface area contributed by atoms with E-state index in [9.17, 15) is 25.2 Å². The van der Waals surface area contributed by atoms with Crippen LogP contribution in [0.15, 0.2) is 60.8 Å². The molecule has 0 aromatic rings. The first-order valence-corrected chi connectivity index (χ1v) is 19.9. The summed E-state index contributed by atoms with van der Waals surface area (Å²) in [6.07, 6.45) is 33.9. The average Bonchev–Trinajstić information content (AvgIpc) is 3.13. The Kier molecular flexibility index (Phi) is 31.0. The highest BCUT2D eigenvalue weighted by Gasteiger charge is 2.44. The summed E-state index contributed by atoms with van der Waals surface area (Å²) in [5.74, 6) is -0.339. The molecule has 0 bridgehead atoms. The number of ether oxygens (including phenoxy) is 4. The highest BCUT2D eigenvalue weighted by molar-refractivity contribution is 5.69. The lowest BCUT2D eigenvalue weighted by Crippen LogP contribution is -2.59. The van der Waals surface area contributed by atoms with Crippen LogP contribution in [0, 0.1) is 0 Å². The maximum Gasteiger partial charge on any atom is 0.306 e. The van der Waals surface area contributed by atoms with Crippen molar-refractivity contribution >= 4 is 5.97 Å². The van der Waals surface area contributed by atoms with E-state index >= 15 is 0 Å². The van der Waals surface area contributed by atoms with Crippen LogP contribution in [0.25, 0.3) is 0 Å². The van der Waals surface area contributed by atoms with Gasteiger partial charge in [-0.2, -0.15) is 0 Å². The number of aliphatic hydroxyl groups excluding tert-OH is 4. The van der Waals surface area contributed by atoms with Crippen molar-refractivity contribution in [2.75, 3.05) is 26.4 Å². The lowest BCUT2D eigenvalue weighted by molar-refractivity contribution is -0.305. The van der Waals surface area contributed by atoms with Crippen LogP contribution in [-0.4, -0.2) is 89.6 Å². The SMILES string of the molecule is CC/C=C\C/C=C\C/C=C\C/C=C\CCCCCOCC(COC1OC(CO)C(O)C(O)C1O)OC(=O)CCCCCCC/C=C\CCCCC. The number of carbonyl (C=O) groups excluding carboxylic acids is 1. The Bertz CT molecular complexity index is 958. The lowest BCUT2D eigenvalue weighted by Gasteiger charge is -2.39. The Morgan fingerprint density at radius 2 is 1.20 bits per heavy atom. The van der Waals surface area contributed by atoms with E-state index in [1.54, 1.807) is 0 Å². The van der Waals surface area contributed by atoms with Crippen molar-refractivity contribution in [2.45, 2.75) is 173 Å². The van der Waals surface area contributed by atoms with Crippen molar-refractivity contribution in [3.63, 3.8) is 0 Å². The van der Waals surface area contributed by atoms with E-state index in [0.717, 1.165) is 89.9 Å². The minimum atomic E-state index is -1.54. The van der Waals surface area contributed by atoms with Gasteiger partial charge in [-0.3, -0.25) is 4.79 Å². The molecule has 9 nitrogen and oxygen atoms in total. The van der Waals surface area contributed by atoms with Crippen LogP contribution in [-0.2, 0) is 23.7 Å². The molecule has 0 spiro atoms. The summed E-state index contributed by atoms with van der Waals surface area (Å²) in [6, 6.07) is 0. The fourth-order valence-corrected chi connectivity index (χ4v) is 5.53. The molecule has 1 rings (SSSR count). The predicted molar refractivity (Wildman–Crippen MR) is 205 cm³/mol. The van der Waals surface area contributed by atoms with Crippen LogP contribution in [0.1, 0.15) is 136 Å². The van der Waals surface area contributed by atoms with Gasteiger partial charge < -0.3 is 39.4 Å². The number of hydrogen-bond donors (Lipinski definition) is 4. The Morgan fingerprint density at radius 3 is 1.82 bits per heavy atom. The van der Waals surface area contributed by atoms with Gasteiger partial charge in [0.2, 0.25) is 0 Å². The Hall–Kier alpha value is -2.11. The van der Waals surface area contributed by atoms with Gasteiger partial charge in [-0.1, -0.05) is 113 Å². The van der Waals surface area contributed by atoms with Gasteiger partial charge in [0, 0.05) is 13.0 Å². The molecule has 1 aliphatic rings. The molecule has 1 heterocycles. The number of hydrogen-bond acceptors (Lipinski definition) is 9. The first-order valence-electron chi connectivity index (χ1n) is 19.9. The number of esters is 1. The lowest BCUT2D eigenvalue weighted by atomic mass is 9.99. The largest absolute Gasteiger partial charge is 0.457 e. The molecular weight excluding hydrogens is 648 g/mol. The summed E-state index contributed by atoms with van der Waals surface area (Å²) in [6.45, 7) is 4.30. The van der Waals surface area contributed by atoms with Crippen molar-refractivity contribution in [2.24, 2.45) is 0 Å². The number of allylic oxidation sites excluding steroid dienone is 10.